The Morgan fingerprint density at radius 1 is 0.671 bits per heavy atom. The van der Waals surface area contributed by atoms with Gasteiger partial charge in [0, 0.05) is 18.1 Å². The summed E-state index contributed by atoms with van der Waals surface area (Å²) in [7, 11) is 0. The molecule has 4 aromatic carbocycles. The van der Waals surface area contributed by atoms with Gasteiger partial charge in [-0.25, -0.2) is 0 Å². The van der Waals surface area contributed by atoms with Gasteiger partial charge in [-0.1, -0.05) is 132 Å². The van der Waals surface area contributed by atoms with E-state index in [0.29, 0.717) is 59.3 Å². The summed E-state index contributed by atoms with van der Waals surface area (Å²) >= 11 is 0. The number of hydrogen-bond acceptors (Lipinski definition) is 16. The number of carbonyl (C=O) groups excluding carboxylic acids is 2. The number of rotatable bonds is 20. The molecule has 6 unspecified atom stereocenters. The van der Waals surface area contributed by atoms with Crippen molar-refractivity contribution in [2.24, 2.45) is 29.4 Å². The van der Waals surface area contributed by atoms with Gasteiger partial charge < -0.3 is 60.4 Å². The van der Waals surface area contributed by atoms with Crippen LogP contribution in [0.15, 0.2) is 97.1 Å². The molecule has 0 aromatic heterocycles. The predicted octanol–water partition coefficient (Wildman–Crippen LogP) is 5.95. The van der Waals surface area contributed by atoms with Gasteiger partial charge in [-0.3, -0.25) is 9.59 Å². The minimum absolute atomic E-state index is 0. The zero-order valence-corrected chi connectivity index (χ0v) is 49.8. The molecular weight excluding hydrogens is 998 g/mol. The summed E-state index contributed by atoms with van der Waals surface area (Å²) in [6, 6.07) is 30.9. The van der Waals surface area contributed by atoms with Gasteiger partial charge in [0.1, 0.15) is 55.4 Å². The minimum Gasteiger partial charge on any atom is -0.850 e. The summed E-state index contributed by atoms with van der Waals surface area (Å²) in [5, 5.41) is 83.1. The first kappa shape index (κ1) is 78.2. The molecule has 6 atom stereocenters. The van der Waals surface area contributed by atoms with Gasteiger partial charge in [0.05, 0.1) is 61.8 Å². The second kappa shape index (κ2) is 45.7. The van der Waals surface area contributed by atoms with Crippen LogP contribution in [0.2, 0.25) is 0 Å². The first-order valence-electron chi connectivity index (χ1n) is 24.7. The molecule has 0 saturated carbocycles. The van der Waals surface area contributed by atoms with Gasteiger partial charge in [0.2, 0.25) is 0 Å². The molecule has 5 rings (SSSR count). The SMILES string of the molecule is C.CC#N.CC(C)(C)[O-].CC(C)C(O)COc1cccc(C(O)CC#N)c1.CC(C)C(O)COc1cccc(C(O)CCN)c1.CC(C)C(O)COc1cccc(C=O)c1.CC(C)C1CO1.O=Cc1cccc(O)c1.[K+]. The van der Waals surface area contributed by atoms with Crippen LogP contribution in [-0.2, 0) is 4.74 Å². The minimum atomic E-state index is -0.798. The van der Waals surface area contributed by atoms with Crippen LogP contribution in [0.5, 0.6) is 23.0 Å². The van der Waals surface area contributed by atoms with Gasteiger partial charge in [-0.15, -0.1) is 5.60 Å². The number of aromatic hydroxyl groups is 1. The maximum atomic E-state index is 10.5. The van der Waals surface area contributed by atoms with Gasteiger partial charge in [-0.05, 0) is 96.3 Å². The number of phenols is 1. The number of aliphatic hydroxyl groups excluding tert-OH is 5. The van der Waals surface area contributed by atoms with E-state index in [1.54, 1.807) is 93.6 Å². The van der Waals surface area contributed by atoms with E-state index in [2.05, 4.69) is 13.8 Å². The molecular formula is C59H90KN3O13. The number of nitrogens with zero attached hydrogens (tertiary/aromatic N) is 2. The van der Waals surface area contributed by atoms with Crippen LogP contribution in [0.4, 0.5) is 0 Å². The summed E-state index contributed by atoms with van der Waals surface area (Å²) in [6.45, 7) is 24.4. The van der Waals surface area contributed by atoms with E-state index in [4.69, 9.17) is 40.3 Å². The topological polar surface area (TPSA) is 292 Å². The van der Waals surface area contributed by atoms with Crippen LogP contribution >= 0.6 is 0 Å². The fourth-order valence-corrected chi connectivity index (χ4v) is 4.99. The summed E-state index contributed by atoms with van der Waals surface area (Å²) in [4.78, 5) is 20.5. The molecule has 0 bridgehead atoms. The molecule has 0 spiro atoms. The van der Waals surface area contributed by atoms with E-state index in [1.807, 2.05) is 65.8 Å². The predicted molar refractivity (Wildman–Crippen MR) is 293 cm³/mol. The summed E-state index contributed by atoms with van der Waals surface area (Å²) in [6.07, 6.45) is -0.195. The Kier molecular flexibility index (Phi) is 47.0. The molecule has 420 valence electrons. The molecule has 17 heteroatoms. The number of epoxide rings is 1. The molecule has 76 heavy (non-hydrogen) atoms. The number of nitriles is 2. The van der Waals surface area contributed by atoms with Crippen LogP contribution < -0.4 is 76.4 Å². The molecule has 8 N–H and O–H groups in total. The van der Waals surface area contributed by atoms with Crippen LogP contribution in [0.1, 0.15) is 147 Å². The Labute approximate surface area is 497 Å². The van der Waals surface area contributed by atoms with Crippen molar-refractivity contribution in [1.82, 2.24) is 0 Å². The van der Waals surface area contributed by atoms with Crippen LogP contribution in [0.25, 0.3) is 0 Å². The fraction of sp³-hybridized carbons (Fsp3) is 0.525. The van der Waals surface area contributed by atoms with E-state index < -0.39 is 36.1 Å². The van der Waals surface area contributed by atoms with Gasteiger partial charge >= 0.3 is 51.4 Å². The first-order chi connectivity index (χ1) is 34.8. The normalized spacial score (nSPS) is 13.7. The number of benzene rings is 4. The maximum Gasteiger partial charge on any atom is 1.00 e. The third-order valence-corrected chi connectivity index (χ3v) is 9.88. The van der Waals surface area contributed by atoms with Crippen molar-refractivity contribution < 1.29 is 116 Å². The number of hydrogen-bond donors (Lipinski definition) is 7. The molecule has 0 aliphatic carbocycles. The summed E-state index contributed by atoms with van der Waals surface area (Å²) < 4.78 is 21.3. The maximum absolute atomic E-state index is 10.5. The Bertz CT molecular complexity index is 2160. The van der Waals surface area contributed by atoms with Gasteiger partial charge in [0.25, 0.3) is 0 Å². The Morgan fingerprint density at radius 2 is 1.01 bits per heavy atom. The monoisotopic (exact) mass is 1090 g/mol. The van der Waals surface area contributed by atoms with Crippen LogP contribution in [0.3, 0.4) is 0 Å². The van der Waals surface area contributed by atoms with Gasteiger partial charge in [-0.2, -0.15) is 10.5 Å². The second-order valence-corrected chi connectivity index (χ2v) is 19.3. The van der Waals surface area contributed by atoms with Crippen molar-refractivity contribution in [3.63, 3.8) is 0 Å². The largest absolute Gasteiger partial charge is 1.00 e. The average Bonchev–Trinajstić information content (AvgIpc) is 4.22. The number of carbonyl (C=O) groups is 2. The molecule has 0 radical (unpaired) electrons. The van der Waals surface area contributed by atoms with E-state index >= 15 is 0 Å². The number of nitrogens with two attached hydrogens (primary N) is 1. The first-order valence-corrected chi connectivity index (χ1v) is 24.7. The molecule has 1 saturated heterocycles. The zero-order chi connectivity index (χ0) is 56.8. The summed E-state index contributed by atoms with van der Waals surface area (Å²) in [5.41, 5.74) is 7.17. The smallest absolute Gasteiger partial charge is 0.850 e. The standard InChI is InChI=1S/C14H23NO3.C14H19NO3.C12H16O3.C7H6O2.C5H10O.C4H9O.C2H3N.CH4.K/c2*1-10(2)14(17)9-18-12-5-3-4-11(8-12)13(16)6-7-15;1-9(2)12(14)8-15-11-5-3-4-10(6-11)7-13;8-5-6-2-1-3-7(9)4-6;1-4(2)5-3-6-5;1-4(2,3)5;1-2-3;;/h3-5,8,10,13-14,16-17H,6-7,9,15H2,1-2H3;3-5,8,10,13-14,16-17H,6,9H2,1-2H3;3-7,9,12,14H,8H2,1-2H3;1-5,9H;4-5H,3H2,1-2H3;1-3H3;1H3;1H4;/q;;;;;-1;;;+1. The van der Waals surface area contributed by atoms with E-state index in [-0.39, 0.29) is 109 Å². The van der Waals surface area contributed by atoms with Gasteiger partial charge in [0.15, 0.2) is 0 Å². The molecule has 1 heterocycles. The number of phenolic OH excluding ortho intramolecular Hbond substituents is 1. The molecule has 0 amide bonds. The number of aliphatic hydroxyl groups is 5. The summed E-state index contributed by atoms with van der Waals surface area (Å²) in [5.74, 6) is 3.18. The van der Waals surface area contributed by atoms with E-state index in [0.717, 1.165) is 24.4 Å². The van der Waals surface area contributed by atoms with Crippen LogP contribution in [-0.4, -0.2) is 106 Å². The third-order valence-electron chi connectivity index (χ3n) is 9.88. The quantitative estimate of drug-likeness (QED) is 0.0306. The van der Waals surface area contributed by atoms with Crippen LogP contribution in [0, 0.1) is 46.3 Å². The van der Waals surface area contributed by atoms with Crippen molar-refractivity contribution in [1.29, 1.82) is 10.5 Å². The molecule has 4 aromatic rings. The Balaban J connectivity index is -0.000000421. The number of aldehydes is 2. The average molecular weight is 1090 g/mol. The third kappa shape index (κ3) is 42.8. The zero-order valence-electron chi connectivity index (χ0n) is 46.6. The van der Waals surface area contributed by atoms with Crippen molar-refractivity contribution >= 4 is 12.6 Å². The van der Waals surface area contributed by atoms with E-state index in [9.17, 15) is 40.2 Å². The van der Waals surface area contributed by atoms with Crippen molar-refractivity contribution in [3.05, 3.63) is 119 Å². The fourth-order valence-electron chi connectivity index (χ4n) is 4.99. The van der Waals surface area contributed by atoms with Crippen molar-refractivity contribution in [3.8, 4) is 35.1 Å². The number of ether oxygens (including phenoxy) is 4. The molecule has 1 aliphatic heterocycles. The molecule has 1 fully saturated rings. The van der Waals surface area contributed by atoms with Crippen molar-refractivity contribution in [2.75, 3.05) is 33.0 Å². The Morgan fingerprint density at radius 3 is 1.30 bits per heavy atom. The molecule has 16 nitrogen and oxygen atoms in total. The van der Waals surface area contributed by atoms with E-state index in [1.165, 1.54) is 19.1 Å². The second-order valence-electron chi connectivity index (χ2n) is 19.3. The Hall–Kier alpha value is -4.28. The van der Waals surface area contributed by atoms with Crippen molar-refractivity contribution in [2.45, 2.75) is 146 Å². The molecule has 1 aliphatic rings.